The minimum absolute atomic E-state index is 0.0491. The van der Waals surface area contributed by atoms with Gasteiger partial charge in [-0.05, 0) is 43.4 Å². The highest BCUT2D eigenvalue weighted by Gasteiger charge is 2.28. The molecule has 0 spiro atoms. The fourth-order valence-corrected chi connectivity index (χ4v) is 4.36. The number of carbonyl (C=O) groups is 6. The molecule has 14 nitrogen and oxygen atoms in total. The molecular formula is C26H37N7O7S. The molecule has 0 unspecified atom stereocenters. The van der Waals surface area contributed by atoms with Crippen molar-refractivity contribution in [1.29, 1.82) is 0 Å². The number of carboxylic acids is 1. The number of hydrogen-bond acceptors (Lipinski definition) is 8. The third-order valence-electron chi connectivity index (χ3n) is 6.19. The third-order valence-corrected chi connectivity index (χ3v) is 6.83. The highest BCUT2D eigenvalue weighted by Crippen LogP contribution is 2.19. The highest BCUT2D eigenvalue weighted by atomic mass is 32.2. The number of fused-ring (bicyclic) bond motifs is 1. The van der Waals surface area contributed by atoms with Gasteiger partial charge >= 0.3 is 5.97 Å². The number of rotatable bonds is 17. The van der Waals surface area contributed by atoms with Crippen LogP contribution in [0, 0.1) is 0 Å². The second-order valence-corrected chi connectivity index (χ2v) is 10.4. The summed E-state index contributed by atoms with van der Waals surface area (Å²) in [5.74, 6) is -4.07. The molecule has 15 heteroatoms. The Morgan fingerprint density at radius 3 is 2.34 bits per heavy atom. The Labute approximate surface area is 241 Å². The number of thioether (sulfide) groups is 1. The smallest absolute Gasteiger partial charge is 0.326 e. The standard InChI is InChI=1S/C26H37N7O7S/c1-14(23(36)33-19(26(39)40)7-8-21(28)34)31-25(38)20(11-15-12-29-18-6-4-3-5-16(15)18)32-22(35)13-30-24(37)17(27)9-10-41-2/h3-6,12,14,17,19-20,29H,7-11,13,27H2,1-2H3,(H2,28,34)(H,30,37)(H,31,38)(H,32,35)(H,33,36)(H,39,40)/t14-,17-,19-,20-/m0/s1. The molecule has 41 heavy (non-hydrogen) atoms. The van der Waals surface area contributed by atoms with Crippen molar-refractivity contribution < 1.29 is 33.9 Å². The van der Waals surface area contributed by atoms with Crippen molar-refractivity contribution in [2.24, 2.45) is 11.5 Å². The number of nitrogens with two attached hydrogens (primary N) is 2. The van der Waals surface area contributed by atoms with Crippen molar-refractivity contribution in [3.05, 3.63) is 36.0 Å². The number of amides is 5. The van der Waals surface area contributed by atoms with Gasteiger partial charge in [-0.15, -0.1) is 0 Å². The number of aromatic amines is 1. The molecule has 5 amide bonds. The van der Waals surface area contributed by atoms with Crippen LogP contribution >= 0.6 is 11.8 Å². The molecule has 0 fully saturated rings. The van der Waals surface area contributed by atoms with Crippen LogP contribution < -0.4 is 32.7 Å². The molecule has 10 N–H and O–H groups in total. The topological polar surface area (TPSA) is 239 Å². The van der Waals surface area contributed by atoms with Crippen LogP contribution in [0.1, 0.15) is 31.7 Å². The van der Waals surface area contributed by atoms with Crippen LogP contribution in [0.5, 0.6) is 0 Å². The van der Waals surface area contributed by atoms with Crippen molar-refractivity contribution in [1.82, 2.24) is 26.3 Å². The molecule has 2 aromatic rings. The molecule has 2 rings (SSSR count). The van der Waals surface area contributed by atoms with Gasteiger partial charge in [0.15, 0.2) is 0 Å². The van der Waals surface area contributed by atoms with Gasteiger partial charge < -0.3 is 42.8 Å². The molecule has 0 radical (unpaired) electrons. The lowest BCUT2D eigenvalue weighted by atomic mass is 10.0. The molecule has 0 aliphatic heterocycles. The minimum atomic E-state index is -1.39. The van der Waals surface area contributed by atoms with E-state index in [0.29, 0.717) is 12.2 Å². The number of carboxylic acid groups (broad SMARTS) is 1. The molecular weight excluding hydrogens is 554 g/mol. The lowest BCUT2D eigenvalue weighted by Gasteiger charge is -2.22. The Hall–Kier alpha value is -4.11. The van der Waals surface area contributed by atoms with E-state index in [2.05, 4.69) is 26.3 Å². The van der Waals surface area contributed by atoms with Gasteiger partial charge in [-0.3, -0.25) is 24.0 Å². The van der Waals surface area contributed by atoms with Crippen molar-refractivity contribution in [3.63, 3.8) is 0 Å². The van der Waals surface area contributed by atoms with Crippen molar-refractivity contribution in [3.8, 4) is 0 Å². The molecule has 0 saturated heterocycles. The molecule has 0 saturated carbocycles. The fourth-order valence-electron chi connectivity index (χ4n) is 3.87. The van der Waals surface area contributed by atoms with Gasteiger partial charge in [-0.2, -0.15) is 11.8 Å². The predicted octanol–water partition coefficient (Wildman–Crippen LogP) is -1.27. The Balaban J connectivity index is 2.11. The van der Waals surface area contributed by atoms with Crippen LogP contribution in [0.4, 0.5) is 0 Å². The van der Waals surface area contributed by atoms with Crippen LogP contribution in [0.15, 0.2) is 30.5 Å². The van der Waals surface area contributed by atoms with Gasteiger partial charge in [0.25, 0.3) is 0 Å². The van der Waals surface area contributed by atoms with E-state index in [1.54, 1.807) is 6.20 Å². The number of aliphatic carboxylic acids is 1. The van der Waals surface area contributed by atoms with E-state index >= 15 is 0 Å². The summed E-state index contributed by atoms with van der Waals surface area (Å²) in [5.41, 5.74) is 12.4. The van der Waals surface area contributed by atoms with Crippen LogP contribution in [-0.2, 0) is 35.2 Å². The van der Waals surface area contributed by atoms with E-state index in [-0.39, 0.29) is 19.3 Å². The maximum atomic E-state index is 13.3. The second kappa shape index (κ2) is 16.2. The van der Waals surface area contributed by atoms with Gasteiger partial charge in [0, 0.05) is 29.9 Å². The summed E-state index contributed by atoms with van der Waals surface area (Å²) in [5, 5.41) is 20.0. The number of hydrogen-bond donors (Lipinski definition) is 8. The largest absolute Gasteiger partial charge is 0.480 e. The summed E-state index contributed by atoms with van der Waals surface area (Å²) in [6.07, 6.45) is 3.60. The maximum Gasteiger partial charge on any atom is 0.326 e. The highest BCUT2D eigenvalue weighted by molar-refractivity contribution is 7.98. The summed E-state index contributed by atoms with van der Waals surface area (Å²) < 4.78 is 0. The first-order valence-electron chi connectivity index (χ1n) is 12.9. The molecule has 1 heterocycles. The first-order chi connectivity index (χ1) is 19.4. The number of carbonyl (C=O) groups excluding carboxylic acids is 5. The Bertz CT molecular complexity index is 1250. The summed E-state index contributed by atoms with van der Waals surface area (Å²) in [6, 6.07) is 2.87. The SMILES string of the molecule is CSCC[C@H](N)C(=O)NCC(=O)N[C@@H](Cc1c[nH]c2ccccc12)C(=O)N[C@@H](C)C(=O)N[C@@H](CCC(N)=O)C(=O)O. The number of aromatic nitrogens is 1. The lowest BCUT2D eigenvalue weighted by molar-refractivity contribution is -0.142. The summed E-state index contributed by atoms with van der Waals surface area (Å²) >= 11 is 1.54. The number of para-hydroxylation sites is 1. The third kappa shape index (κ3) is 10.8. The first-order valence-corrected chi connectivity index (χ1v) is 14.3. The monoisotopic (exact) mass is 591 g/mol. The quantitative estimate of drug-likeness (QED) is 0.109. The molecule has 0 aliphatic carbocycles. The average molecular weight is 592 g/mol. The Kier molecular flexibility index (Phi) is 13.1. The van der Waals surface area contributed by atoms with Gasteiger partial charge in [0.1, 0.15) is 18.1 Å². The number of nitrogens with one attached hydrogen (secondary N) is 5. The lowest BCUT2D eigenvalue weighted by Crippen LogP contribution is -2.56. The summed E-state index contributed by atoms with van der Waals surface area (Å²) in [7, 11) is 0. The van der Waals surface area contributed by atoms with Gasteiger partial charge in [-0.25, -0.2) is 4.79 Å². The number of H-pyrrole nitrogens is 1. The van der Waals surface area contributed by atoms with E-state index in [1.807, 2.05) is 30.5 Å². The zero-order chi connectivity index (χ0) is 30.5. The van der Waals surface area contributed by atoms with Crippen molar-refractivity contribution in [2.75, 3.05) is 18.6 Å². The van der Waals surface area contributed by atoms with E-state index in [0.717, 1.165) is 16.5 Å². The second-order valence-electron chi connectivity index (χ2n) is 9.42. The van der Waals surface area contributed by atoms with E-state index in [9.17, 15) is 33.9 Å². The van der Waals surface area contributed by atoms with E-state index in [4.69, 9.17) is 11.5 Å². The first kappa shape index (κ1) is 33.1. The fraction of sp³-hybridized carbons (Fsp3) is 0.462. The van der Waals surface area contributed by atoms with Gasteiger partial charge in [0.2, 0.25) is 29.5 Å². The Morgan fingerprint density at radius 2 is 1.68 bits per heavy atom. The van der Waals surface area contributed by atoms with Crippen LogP contribution in [0.3, 0.4) is 0 Å². The zero-order valence-electron chi connectivity index (χ0n) is 22.9. The van der Waals surface area contributed by atoms with E-state index in [1.165, 1.54) is 18.7 Å². The van der Waals surface area contributed by atoms with Crippen LogP contribution in [0.25, 0.3) is 10.9 Å². The van der Waals surface area contributed by atoms with Crippen molar-refractivity contribution in [2.45, 2.75) is 56.8 Å². The molecule has 0 bridgehead atoms. The summed E-state index contributed by atoms with van der Waals surface area (Å²) in [6.45, 7) is 0.931. The van der Waals surface area contributed by atoms with Crippen molar-refractivity contribution >= 4 is 58.2 Å². The predicted molar refractivity (Wildman–Crippen MR) is 154 cm³/mol. The number of benzene rings is 1. The van der Waals surface area contributed by atoms with Gasteiger partial charge in [-0.1, -0.05) is 18.2 Å². The normalized spacial score (nSPS) is 13.8. The average Bonchev–Trinajstić information content (AvgIpc) is 3.34. The summed E-state index contributed by atoms with van der Waals surface area (Å²) in [4.78, 5) is 76.4. The molecule has 0 aliphatic rings. The van der Waals surface area contributed by atoms with Crippen LogP contribution in [0.2, 0.25) is 0 Å². The van der Waals surface area contributed by atoms with E-state index < -0.39 is 66.2 Å². The minimum Gasteiger partial charge on any atom is -0.480 e. The Morgan fingerprint density at radius 1 is 0.976 bits per heavy atom. The van der Waals surface area contributed by atoms with Crippen LogP contribution in [-0.4, -0.2) is 88.3 Å². The van der Waals surface area contributed by atoms with Gasteiger partial charge in [0.05, 0.1) is 12.6 Å². The molecule has 224 valence electrons. The molecule has 1 aromatic heterocycles. The maximum absolute atomic E-state index is 13.3. The zero-order valence-corrected chi connectivity index (χ0v) is 23.7. The molecule has 4 atom stereocenters. The number of primary amides is 1. The molecule has 1 aromatic carbocycles.